The van der Waals surface area contributed by atoms with Gasteiger partial charge in [0.05, 0.1) is 12.8 Å². The van der Waals surface area contributed by atoms with Gasteiger partial charge in [-0.2, -0.15) is 5.10 Å². The van der Waals surface area contributed by atoms with E-state index in [1.165, 1.54) is 0 Å². The number of nitrogens with one attached hydrogen (secondary N) is 1. The fourth-order valence-electron chi connectivity index (χ4n) is 1.86. The molecule has 0 bridgehead atoms. The quantitative estimate of drug-likeness (QED) is 0.749. The van der Waals surface area contributed by atoms with E-state index < -0.39 is 0 Å². The van der Waals surface area contributed by atoms with Crippen LogP contribution in [0.2, 0.25) is 5.15 Å². The molecule has 0 atom stereocenters. The summed E-state index contributed by atoms with van der Waals surface area (Å²) in [5.41, 5.74) is 1.45. The second kappa shape index (κ2) is 5.38. The molecular formula is C14H12ClN3O2. The summed E-state index contributed by atoms with van der Waals surface area (Å²) in [6, 6.07) is 11.0. The van der Waals surface area contributed by atoms with Crippen LogP contribution in [0.15, 0.2) is 36.4 Å². The first-order chi connectivity index (χ1) is 9.76. The number of fused-ring (bicyclic) bond motifs is 1. The zero-order chi connectivity index (χ0) is 13.9. The molecule has 6 heteroatoms. The zero-order valence-electron chi connectivity index (χ0n) is 10.8. The van der Waals surface area contributed by atoms with Gasteiger partial charge in [-0.25, -0.2) is 4.98 Å². The van der Waals surface area contributed by atoms with E-state index in [-0.39, 0.29) is 0 Å². The summed E-state index contributed by atoms with van der Waals surface area (Å²) in [6.45, 7) is 0.381. The van der Waals surface area contributed by atoms with Gasteiger partial charge in [0.2, 0.25) is 0 Å². The lowest BCUT2D eigenvalue weighted by atomic mass is 10.3. The molecule has 102 valence electrons. The normalized spacial score (nSPS) is 10.7. The van der Waals surface area contributed by atoms with Crippen LogP contribution in [0.25, 0.3) is 11.0 Å². The molecule has 0 saturated heterocycles. The third-order valence-electron chi connectivity index (χ3n) is 2.91. The van der Waals surface area contributed by atoms with Gasteiger partial charge >= 0.3 is 0 Å². The van der Waals surface area contributed by atoms with Crippen LogP contribution < -0.4 is 9.47 Å². The number of H-pyrrole nitrogens is 1. The van der Waals surface area contributed by atoms with Gasteiger partial charge in [-0.15, -0.1) is 0 Å². The van der Waals surface area contributed by atoms with E-state index >= 15 is 0 Å². The lowest BCUT2D eigenvalue weighted by molar-refractivity contribution is 0.302. The molecule has 0 aliphatic heterocycles. The molecule has 0 saturated carbocycles. The minimum absolute atomic E-state index is 0.381. The van der Waals surface area contributed by atoms with Crippen molar-refractivity contribution in [2.24, 2.45) is 0 Å². The van der Waals surface area contributed by atoms with Gasteiger partial charge in [-0.1, -0.05) is 11.6 Å². The van der Waals surface area contributed by atoms with E-state index in [4.69, 9.17) is 21.1 Å². The predicted octanol–water partition coefficient (Wildman–Crippen LogP) is 3.20. The molecular weight excluding hydrogens is 278 g/mol. The Bertz CT molecular complexity index is 725. The van der Waals surface area contributed by atoms with Crippen LogP contribution in [-0.4, -0.2) is 22.3 Å². The van der Waals surface area contributed by atoms with E-state index in [0.717, 1.165) is 22.6 Å². The highest BCUT2D eigenvalue weighted by Gasteiger charge is 2.07. The highest BCUT2D eigenvalue weighted by molar-refractivity contribution is 6.29. The number of aromatic nitrogens is 3. The second-order valence-electron chi connectivity index (χ2n) is 4.17. The zero-order valence-corrected chi connectivity index (χ0v) is 11.5. The Hall–Kier alpha value is -2.27. The maximum absolute atomic E-state index is 5.82. The number of methoxy groups -OCH3 is 1. The molecule has 0 radical (unpaired) electrons. The molecule has 0 aliphatic rings. The van der Waals surface area contributed by atoms with Crippen LogP contribution in [0.3, 0.4) is 0 Å². The van der Waals surface area contributed by atoms with E-state index in [2.05, 4.69) is 15.2 Å². The molecule has 0 amide bonds. The van der Waals surface area contributed by atoms with Crippen LogP contribution in [0, 0.1) is 0 Å². The van der Waals surface area contributed by atoms with Crippen molar-refractivity contribution in [2.45, 2.75) is 6.61 Å². The SMILES string of the molecule is COc1ccc(OCc2[nH]nc3nc(Cl)ccc23)cc1. The smallest absolute Gasteiger partial charge is 0.182 e. The molecule has 3 aromatic rings. The van der Waals surface area contributed by atoms with Crippen molar-refractivity contribution in [2.75, 3.05) is 7.11 Å². The van der Waals surface area contributed by atoms with Gasteiger partial charge in [0.1, 0.15) is 23.3 Å². The number of halogens is 1. The van der Waals surface area contributed by atoms with Crippen molar-refractivity contribution in [3.05, 3.63) is 47.2 Å². The summed E-state index contributed by atoms with van der Waals surface area (Å²) in [5.74, 6) is 1.55. The molecule has 3 rings (SSSR count). The first-order valence-corrected chi connectivity index (χ1v) is 6.40. The first kappa shape index (κ1) is 12.7. The number of benzene rings is 1. The van der Waals surface area contributed by atoms with E-state index in [0.29, 0.717) is 17.4 Å². The van der Waals surface area contributed by atoms with Crippen molar-refractivity contribution < 1.29 is 9.47 Å². The number of hydrogen-bond acceptors (Lipinski definition) is 4. The molecule has 0 spiro atoms. The maximum Gasteiger partial charge on any atom is 0.182 e. The van der Waals surface area contributed by atoms with Gasteiger partial charge in [0.15, 0.2) is 5.65 Å². The number of aromatic amines is 1. The topological polar surface area (TPSA) is 60.0 Å². The van der Waals surface area contributed by atoms with Crippen molar-refractivity contribution in [1.29, 1.82) is 0 Å². The minimum atomic E-state index is 0.381. The minimum Gasteiger partial charge on any atom is -0.497 e. The molecule has 2 aromatic heterocycles. The summed E-state index contributed by atoms with van der Waals surface area (Å²) in [4.78, 5) is 4.12. The van der Waals surface area contributed by atoms with Crippen LogP contribution in [-0.2, 0) is 6.61 Å². The number of rotatable bonds is 4. The number of pyridine rings is 1. The van der Waals surface area contributed by atoms with Crippen LogP contribution in [0.4, 0.5) is 0 Å². The highest BCUT2D eigenvalue weighted by Crippen LogP contribution is 2.21. The van der Waals surface area contributed by atoms with Crippen LogP contribution >= 0.6 is 11.6 Å². The van der Waals surface area contributed by atoms with E-state index in [1.807, 2.05) is 30.3 Å². The second-order valence-corrected chi connectivity index (χ2v) is 4.56. The molecule has 0 unspecified atom stereocenters. The molecule has 20 heavy (non-hydrogen) atoms. The van der Waals surface area contributed by atoms with Crippen molar-refractivity contribution in [3.63, 3.8) is 0 Å². The summed E-state index contributed by atoms with van der Waals surface area (Å²) in [6.07, 6.45) is 0. The molecule has 1 aromatic carbocycles. The fourth-order valence-corrected chi connectivity index (χ4v) is 2.01. The number of ether oxygens (including phenoxy) is 2. The Labute approximate surface area is 120 Å². The van der Waals surface area contributed by atoms with Crippen LogP contribution in [0.5, 0.6) is 11.5 Å². The predicted molar refractivity (Wildman–Crippen MR) is 76.2 cm³/mol. The molecule has 1 N–H and O–H groups in total. The van der Waals surface area contributed by atoms with Crippen LogP contribution in [0.1, 0.15) is 5.69 Å². The van der Waals surface area contributed by atoms with Gasteiger partial charge in [-0.05, 0) is 36.4 Å². The molecule has 0 fully saturated rings. The standard InChI is InChI=1S/C14H12ClN3O2/c1-19-9-2-4-10(5-3-9)20-8-12-11-6-7-13(15)16-14(11)18-17-12/h2-7H,8H2,1H3,(H,16,17,18). The first-order valence-electron chi connectivity index (χ1n) is 6.02. The van der Waals surface area contributed by atoms with Gasteiger partial charge in [0.25, 0.3) is 0 Å². The van der Waals surface area contributed by atoms with Gasteiger partial charge in [0, 0.05) is 5.39 Å². The highest BCUT2D eigenvalue weighted by atomic mass is 35.5. The Morgan fingerprint density at radius 1 is 1.10 bits per heavy atom. The maximum atomic E-state index is 5.82. The summed E-state index contributed by atoms with van der Waals surface area (Å²) in [5, 5.41) is 8.34. The Morgan fingerprint density at radius 3 is 2.60 bits per heavy atom. The molecule has 0 aliphatic carbocycles. The molecule has 2 heterocycles. The summed E-state index contributed by atoms with van der Waals surface area (Å²) in [7, 11) is 1.63. The molecule has 5 nitrogen and oxygen atoms in total. The van der Waals surface area contributed by atoms with Gasteiger partial charge in [-0.3, -0.25) is 5.10 Å². The van der Waals surface area contributed by atoms with Crippen molar-refractivity contribution in [1.82, 2.24) is 15.2 Å². The van der Waals surface area contributed by atoms with Crippen molar-refractivity contribution >= 4 is 22.6 Å². The van der Waals surface area contributed by atoms with E-state index in [1.54, 1.807) is 13.2 Å². The monoisotopic (exact) mass is 289 g/mol. The van der Waals surface area contributed by atoms with Gasteiger partial charge < -0.3 is 9.47 Å². The number of hydrogen-bond donors (Lipinski definition) is 1. The summed E-state index contributed by atoms with van der Waals surface area (Å²) < 4.78 is 10.8. The lowest BCUT2D eigenvalue weighted by Crippen LogP contribution is -1.96. The van der Waals surface area contributed by atoms with E-state index in [9.17, 15) is 0 Å². The third kappa shape index (κ3) is 2.53. The average molecular weight is 290 g/mol. The Balaban J connectivity index is 1.76. The Morgan fingerprint density at radius 2 is 1.85 bits per heavy atom. The Kier molecular flexibility index (Phi) is 3.43. The lowest BCUT2D eigenvalue weighted by Gasteiger charge is -2.06. The third-order valence-corrected chi connectivity index (χ3v) is 3.12. The summed E-state index contributed by atoms with van der Waals surface area (Å²) >= 11 is 5.82. The average Bonchev–Trinajstić information content (AvgIpc) is 2.88. The van der Waals surface area contributed by atoms with Crippen molar-refractivity contribution in [3.8, 4) is 11.5 Å². The largest absolute Gasteiger partial charge is 0.497 e. The fraction of sp³-hybridized carbons (Fsp3) is 0.143. The number of nitrogens with zero attached hydrogens (tertiary/aromatic N) is 2.